The van der Waals surface area contributed by atoms with Crippen molar-refractivity contribution in [1.82, 2.24) is 20.5 Å². The van der Waals surface area contributed by atoms with Gasteiger partial charge >= 0.3 is 0 Å². The van der Waals surface area contributed by atoms with Crippen LogP contribution in [-0.2, 0) is 4.79 Å². The summed E-state index contributed by atoms with van der Waals surface area (Å²) in [6.07, 6.45) is 1.50. The van der Waals surface area contributed by atoms with Gasteiger partial charge in [0.25, 0.3) is 5.91 Å². The van der Waals surface area contributed by atoms with Crippen molar-refractivity contribution in [2.24, 2.45) is 0 Å². The molecule has 1 unspecified atom stereocenters. The molecule has 2 aromatic heterocycles. The molecule has 0 aliphatic carbocycles. The Morgan fingerprint density at radius 2 is 1.90 bits per heavy atom. The van der Waals surface area contributed by atoms with Crippen molar-refractivity contribution in [3.8, 4) is 10.4 Å². The Morgan fingerprint density at radius 3 is 2.72 bits per heavy atom. The zero-order valence-electron chi connectivity index (χ0n) is 15.3. The second-order valence-electron chi connectivity index (χ2n) is 6.31. The standard InChI is InChI=1S/C20H16FN5O2S/c1-11(23-19(28)17-13-7-3-5-9-15(13)25-26-17)18(27)24-20-22-10-16(29-20)12-6-2-4-8-14(12)21/h2-11H,1H3,(H,23,28)(H,25,26)(H,22,24,27). The third kappa shape index (κ3) is 3.85. The molecule has 0 fully saturated rings. The molecular formula is C20H16FN5O2S. The summed E-state index contributed by atoms with van der Waals surface area (Å²) in [5, 5.41) is 13.1. The van der Waals surface area contributed by atoms with Gasteiger partial charge < -0.3 is 10.6 Å². The lowest BCUT2D eigenvalue weighted by atomic mass is 10.2. The molecule has 3 N–H and O–H groups in total. The van der Waals surface area contributed by atoms with E-state index in [1.807, 2.05) is 12.1 Å². The molecule has 29 heavy (non-hydrogen) atoms. The van der Waals surface area contributed by atoms with Crippen LogP contribution in [0, 0.1) is 5.82 Å². The van der Waals surface area contributed by atoms with Gasteiger partial charge in [-0.15, -0.1) is 0 Å². The molecule has 0 bridgehead atoms. The number of hydrogen-bond donors (Lipinski definition) is 3. The Morgan fingerprint density at radius 1 is 1.14 bits per heavy atom. The zero-order valence-corrected chi connectivity index (χ0v) is 16.1. The number of anilines is 1. The number of nitrogens with zero attached hydrogens (tertiary/aromatic N) is 2. The van der Waals surface area contributed by atoms with Gasteiger partial charge in [0.2, 0.25) is 5.91 Å². The first-order valence-corrected chi connectivity index (χ1v) is 9.60. The van der Waals surface area contributed by atoms with Crippen molar-refractivity contribution in [2.45, 2.75) is 13.0 Å². The van der Waals surface area contributed by atoms with Crippen LogP contribution in [0.1, 0.15) is 17.4 Å². The number of amides is 2. The van der Waals surface area contributed by atoms with Crippen LogP contribution in [0.3, 0.4) is 0 Å². The fourth-order valence-electron chi connectivity index (χ4n) is 2.80. The minimum Gasteiger partial charge on any atom is -0.339 e. The molecule has 4 aromatic rings. The number of aromatic nitrogens is 3. The molecule has 2 heterocycles. The SMILES string of the molecule is CC(NC(=O)c1n[nH]c2ccccc12)C(=O)Nc1ncc(-c2ccccc2F)s1. The Hall–Kier alpha value is -3.59. The number of benzene rings is 2. The van der Waals surface area contributed by atoms with Crippen LogP contribution >= 0.6 is 11.3 Å². The summed E-state index contributed by atoms with van der Waals surface area (Å²) in [5.74, 6) is -1.26. The van der Waals surface area contributed by atoms with Crippen LogP contribution in [0.25, 0.3) is 21.3 Å². The van der Waals surface area contributed by atoms with Crippen LogP contribution in [-0.4, -0.2) is 33.0 Å². The monoisotopic (exact) mass is 409 g/mol. The van der Waals surface area contributed by atoms with Crippen molar-refractivity contribution >= 4 is 39.2 Å². The van der Waals surface area contributed by atoms with Gasteiger partial charge in [0.05, 0.1) is 10.4 Å². The Kier molecular flexibility index (Phi) is 5.05. The van der Waals surface area contributed by atoms with Crippen LogP contribution < -0.4 is 10.6 Å². The third-order valence-corrected chi connectivity index (χ3v) is 5.25. The van der Waals surface area contributed by atoms with Crippen molar-refractivity contribution in [2.75, 3.05) is 5.32 Å². The number of halogens is 1. The van der Waals surface area contributed by atoms with E-state index in [2.05, 4.69) is 25.8 Å². The van der Waals surface area contributed by atoms with Gasteiger partial charge in [0, 0.05) is 17.1 Å². The summed E-state index contributed by atoms with van der Waals surface area (Å²) >= 11 is 1.15. The highest BCUT2D eigenvalue weighted by molar-refractivity contribution is 7.19. The van der Waals surface area contributed by atoms with Gasteiger partial charge in [0.1, 0.15) is 11.9 Å². The molecule has 4 rings (SSSR count). The summed E-state index contributed by atoms with van der Waals surface area (Å²) in [6.45, 7) is 1.56. The smallest absolute Gasteiger partial charge is 0.273 e. The first kappa shape index (κ1) is 18.8. The predicted octanol–water partition coefficient (Wildman–Crippen LogP) is 3.58. The number of para-hydroxylation sites is 1. The second kappa shape index (κ2) is 7.80. The number of hydrogen-bond acceptors (Lipinski definition) is 5. The van der Waals surface area contributed by atoms with E-state index < -0.39 is 17.9 Å². The predicted molar refractivity (Wildman–Crippen MR) is 109 cm³/mol. The van der Waals surface area contributed by atoms with E-state index in [1.165, 1.54) is 12.3 Å². The van der Waals surface area contributed by atoms with E-state index in [9.17, 15) is 14.0 Å². The molecule has 0 saturated heterocycles. The lowest BCUT2D eigenvalue weighted by Gasteiger charge is -2.12. The van der Waals surface area contributed by atoms with E-state index >= 15 is 0 Å². The quantitative estimate of drug-likeness (QED) is 0.469. The minimum atomic E-state index is -0.821. The fraction of sp³-hybridized carbons (Fsp3) is 0.100. The lowest BCUT2D eigenvalue weighted by Crippen LogP contribution is -2.41. The highest BCUT2D eigenvalue weighted by Crippen LogP contribution is 2.30. The topological polar surface area (TPSA) is 99.8 Å². The molecule has 146 valence electrons. The van der Waals surface area contributed by atoms with Gasteiger partial charge in [0.15, 0.2) is 10.8 Å². The molecule has 2 amide bonds. The summed E-state index contributed by atoms with van der Waals surface area (Å²) in [6, 6.07) is 12.8. The van der Waals surface area contributed by atoms with E-state index in [4.69, 9.17) is 0 Å². The van der Waals surface area contributed by atoms with E-state index in [-0.39, 0.29) is 11.5 Å². The third-order valence-electron chi connectivity index (χ3n) is 4.30. The average molecular weight is 409 g/mol. The molecule has 2 aromatic carbocycles. The van der Waals surface area contributed by atoms with Crippen LogP contribution in [0.5, 0.6) is 0 Å². The Labute approximate surface area is 169 Å². The second-order valence-corrected chi connectivity index (χ2v) is 7.34. The number of carbonyl (C=O) groups excluding carboxylic acids is 2. The van der Waals surface area contributed by atoms with E-state index in [0.717, 1.165) is 16.9 Å². The first-order valence-electron chi connectivity index (χ1n) is 8.78. The normalized spacial score (nSPS) is 11.9. The first-order chi connectivity index (χ1) is 14.0. The highest BCUT2D eigenvalue weighted by atomic mass is 32.1. The summed E-state index contributed by atoms with van der Waals surface area (Å²) < 4.78 is 13.9. The molecule has 1 atom stereocenters. The number of thiazole rings is 1. The summed E-state index contributed by atoms with van der Waals surface area (Å²) in [5.41, 5.74) is 1.37. The van der Waals surface area contributed by atoms with Crippen molar-refractivity contribution < 1.29 is 14.0 Å². The maximum Gasteiger partial charge on any atom is 0.273 e. The lowest BCUT2D eigenvalue weighted by molar-refractivity contribution is -0.117. The fourth-order valence-corrected chi connectivity index (χ4v) is 3.64. The van der Waals surface area contributed by atoms with Gasteiger partial charge in [-0.25, -0.2) is 9.37 Å². The molecule has 7 nitrogen and oxygen atoms in total. The van der Waals surface area contributed by atoms with Crippen molar-refractivity contribution in [3.05, 3.63) is 66.2 Å². The summed E-state index contributed by atoms with van der Waals surface area (Å²) in [7, 11) is 0. The number of fused-ring (bicyclic) bond motifs is 1. The van der Waals surface area contributed by atoms with E-state index in [0.29, 0.717) is 21.0 Å². The number of H-pyrrole nitrogens is 1. The molecule has 0 aliphatic heterocycles. The minimum absolute atomic E-state index is 0.219. The molecule has 9 heteroatoms. The molecule has 0 spiro atoms. The van der Waals surface area contributed by atoms with E-state index in [1.54, 1.807) is 37.3 Å². The van der Waals surface area contributed by atoms with Crippen LogP contribution in [0.15, 0.2) is 54.7 Å². The Bertz CT molecular complexity index is 1200. The Balaban J connectivity index is 1.42. The number of carbonyl (C=O) groups is 2. The maximum atomic E-state index is 13.9. The molecule has 0 aliphatic rings. The van der Waals surface area contributed by atoms with Gasteiger partial charge in [-0.3, -0.25) is 14.7 Å². The number of nitrogens with one attached hydrogen (secondary N) is 3. The zero-order chi connectivity index (χ0) is 20.4. The van der Waals surface area contributed by atoms with Gasteiger partial charge in [-0.2, -0.15) is 5.10 Å². The van der Waals surface area contributed by atoms with Gasteiger partial charge in [-0.05, 0) is 19.1 Å². The maximum absolute atomic E-state index is 13.9. The van der Waals surface area contributed by atoms with Crippen molar-refractivity contribution in [1.29, 1.82) is 0 Å². The average Bonchev–Trinajstić information content (AvgIpc) is 3.35. The van der Waals surface area contributed by atoms with Crippen LogP contribution in [0.4, 0.5) is 9.52 Å². The van der Waals surface area contributed by atoms with Gasteiger partial charge in [-0.1, -0.05) is 47.7 Å². The number of aromatic amines is 1. The molecule has 0 radical (unpaired) electrons. The number of rotatable bonds is 5. The summed E-state index contributed by atoms with van der Waals surface area (Å²) in [4.78, 5) is 29.6. The largest absolute Gasteiger partial charge is 0.339 e. The molecule has 0 saturated carbocycles. The molecular weight excluding hydrogens is 393 g/mol. The van der Waals surface area contributed by atoms with Crippen molar-refractivity contribution in [3.63, 3.8) is 0 Å². The highest BCUT2D eigenvalue weighted by Gasteiger charge is 2.21. The van der Waals surface area contributed by atoms with Crippen LogP contribution in [0.2, 0.25) is 0 Å².